The predicted molar refractivity (Wildman–Crippen MR) is 77.2 cm³/mol. The van der Waals surface area contributed by atoms with E-state index >= 15 is 0 Å². The number of aromatic nitrogens is 1. The van der Waals surface area contributed by atoms with Crippen molar-refractivity contribution in [2.45, 2.75) is 0 Å². The molecule has 0 aliphatic rings. The van der Waals surface area contributed by atoms with Gasteiger partial charge < -0.3 is 23.9 Å². The van der Waals surface area contributed by atoms with E-state index in [2.05, 4.69) is 9.72 Å². The minimum Gasteiger partial charge on any atom is -0.493 e. The van der Waals surface area contributed by atoms with E-state index < -0.39 is 5.97 Å². The van der Waals surface area contributed by atoms with Crippen LogP contribution in [0.5, 0.6) is 17.2 Å². The number of H-pyrrole nitrogens is 1. The van der Waals surface area contributed by atoms with Crippen LogP contribution in [0.4, 0.5) is 0 Å². The van der Waals surface area contributed by atoms with Crippen molar-refractivity contribution in [2.75, 3.05) is 28.4 Å². The molecule has 0 unspecified atom stereocenters. The van der Waals surface area contributed by atoms with E-state index in [0.717, 1.165) is 11.3 Å². The van der Waals surface area contributed by atoms with Crippen LogP contribution in [0, 0.1) is 0 Å². The lowest BCUT2D eigenvalue weighted by atomic mass is 10.1. The molecule has 2 aromatic rings. The van der Waals surface area contributed by atoms with Gasteiger partial charge in [0.05, 0.1) is 28.4 Å². The van der Waals surface area contributed by atoms with E-state index in [9.17, 15) is 4.79 Å². The molecule has 0 radical (unpaired) electrons. The molecule has 0 aliphatic carbocycles. The molecule has 2 rings (SSSR count). The topological polar surface area (TPSA) is 69.8 Å². The second-order valence-electron chi connectivity index (χ2n) is 4.19. The number of carbonyl (C=O) groups excluding carboxylic acids is 1. The minimum absolute atomic E-state index is 0.376. The fraction of sp³-hybridized carbons (Fsp3) is 0.267. The maximum absolute atomic E-state index is 11.5. The number of hydrogen-bond acceptors (Lipinski definition) is 5. The zero-order valence-corrected chi connectivity index (χ0v) is 12.4. The summed E-state index contributed by atoms with van der Waals surface area (Å²) in [6.45, 7) is 0. The van der Waals surface area contributed by atoms with Crippen LogP contribution in [0.3, 0.4) is 0 Å². The highest BCUT2D eigenvalue weighted by molar-refractivity contribution is 5.88. The van der Waals surface area contributed by atoms with Crippen molar-refractivity contribution in [1.82, 2.24) is 4.98 Å². The molecular formula is C15H17NO5. The molecule has 1 heterocycles. The van der Waals surface area contributed by atoms with Gasteiger partial charge in [-0.3, -0.25) is 0 Å². The standard InChI is InChI=1S/C15H17NO5/c1-18-12-7-9(8-13(19-2)14(12)20-3)10-5-6-11(16-10)15(17)21-4/h5-8,16H,1-4H3. The van der Waals surface area contributed by atoms with Gasteiger partial charge in [-0.25, -0.2) is 4.79 Å². The molecule has 0 aliphatic heterocycles. The predicted octanol–water partition coefficient (Wildman–Crippen LogP) is 2.49. The highest BCUT2D eigenvalue weighted by Crippen LogP contribution is 2.40. The Morgan fingerprint density at radius 3 is 2.05 bits per heavy atom. The number of aromatic amines is 1. The van der Waals surface area contributed by atoms with Gasteiger partial charge in [0.1, 0.15) is 5.69 Å². The zero-order chi connectivity index (χ0) is 15.4. The summed E-state index contributed by atoms with van der Waals surface area (Å²) in [6, 6.07) is 7.04. The second kappa shape index (κ2) is 6.21. The van der Waals surface area contributed by atoms with Crippen molar-refractivity contribution in [3.8, 4) is 28.5 Å². The first-order valence-electron chi connectivity index (χ1n) is 6.22. The van der Waals surface area contributed by atoms with Crippen LogP contribution in [-0.4, -0.2) is 39.4 Å². The average molecular weight is 291 g/mol. The molecule has 6 heteroatoms. The van der Waals surface area contributed by atoms with E-state index in [-0.39, 0.29) is 0 Å². The van der Waals surface area contributed by atoms with E-state index in [1.54, 1.807) is 45.6 Å². The molecule has 0 saturated carbocycles. The molecule has 1 N–H and O–H groups in total. The smallest absolute Gasteiger partial charge is 0.354 e. The number of rotatable bonds is 5. The highest BCUT2D eigenvalue weighted by atomic mass is 16.5. The Kier molecular flexibility index (Phi) is 4.37. The molecule has 112 valence electrons. The van der Waals surface area contributed by atoms with Gasteiger partial charge in [-0.05, 0) is 24.3 Å². The largest absolute Gasteiger partial charge is 0.493 e. The minimum atomic E-state index is -0.423. The Morgan fingerprint density at radius 2 is 1.57 bits per heavy atom. The number of nitrogens with one attached hydrogen (secondary N) is 1. The van der Waals surface area contributed by atoms with Gasteiger partial charge in [0, 0.05) is 11.3 Å². The van der Waals surface area contributed by atoms with E-state index in [1.165, 1.54) is 7.11 Å². The Labute approximate surface area is 122 Å². The molecule has 1 aromatic carbocycles. The lowest BCUT2D eigenvalue weighted by Crippen LogP contribution is -2.01. The lowest BCUT2D eigenvalue weighted by molar-refractivity contribution is 0.0595. The molecule has 0 amide bonds. The van der Waals surface area contributed by atoms with Crippen LogP contribution >= 0.6 is 0 Å². The fourth-order valence-electron chi connectivity index (χ4n) is 2.03. The lowest BCUT2D eigenvalue weighted by Gasteiger charge is -2.13. The summed E-state index contributed by atoms with van der Waals surface area (Å²) in [5, 5.41) is 0. The Hall–Kier alpha value is -2.63. The quantitative estimate of drug-likeness (QED) is 0.857. The average Bonchev–Trinajstić information content (AvgIpc) is 3.02. The van der Waals surface area contributed by atoms with Crippen molar-refractivity contribution >= 4 is 5.97 Å². The van der Waals surface area contributed by atoms with Crippen LogP contribution in [0.1, 0.15) is 10.5 Å². The molecule has 0 saturated heterocycles. The Morgan fingerprint density at radius 1 is 0.952 bits per heavy atom. The molecule has 0 spiro atoms. The second-order valence-corrected chi connectivity index (χ2v) is 4.19. The van der Waals surface area contributed by atoms with Gasteiger partial charge in [0.2, 0.25) is 5.75 Å². The molecule has 1 aromatic heterocycles. The number of esters is 1. The van der Waals surface area contributed by atoms with Gasteiger partial charge in [-0.1, -0.05) is 0 Å². The summed E-state index contributed by atoms with van der Waals surface area (Å²) in [5.41, 5.74) is 1.93. The maximum atomic E-state index is 11.5. The van der Waals surface area contributed by atoms with Crippen molar-refractivity contribution in [3.63, 3.8) is 0 Å². The zero-order valence-electron chi connectivity index (χ0n) is 12.4. The summed E-state index contributed by atoms with van der Waals surface area (Å²) in [5.74, 6) is 1.18. The van der Waals surface area contributed by atoms with Crippen molar-refractivity contribution in [3.05, 3.63) is 30.0 Å². The molecule has 6 nitrogen and oxygen atoms in total. The van der Waals surface area contributed by atoms with Crippen LogP contribution in [-0.2, 0) is 4.74 Å². The first-order valence-corrected chi connectivity index (χ1v) is 6.22. The van der Waals surface area contributed by atoms with Crippen LogP contribution in [0.2, 0.25) is 0 Å². The molecule has 21 heavy (non-hydrogen) atoms. The Balaban J connectivity index is 2.49. The first-order chi connectivity index (χ1) is 10.1. The van der Waals surface area contributed by atoms with Gasteiger partial charge in [0.25, 0.3) is 0 Å². The summed E-state index contributed by atoms with van der Waals surface area (Å²) < 4.78 is 20.6. The molecule has 0 fully saturated rings. The third-order valence-electron chi connectivity index (χ3n) is 3.07. The van der Waals surface area contributed by atoms with Gasteiger partial charge in [-0.15, -0.1) is 0 Å². The number of ether oxygens (including phenoxy) is 4. The number of carbonyl (C=O) groups is 1. The van der Waals surface area contributed by atoms with Crippen molar-refractivity contribution in [2.24, 2.45) is 0 Å². The number of methoxy groups -OCH3 is 4. The summed E-state index contributed by atoms with van der Waals surface area (Å²) >= 11 is 0. The van der Waals surface area contributed by atoms with Gasteiger partial charge in [-0.2, -0.15) is 0 Å². The van der Waals surface area contributed by atoms with Crippen LogP contribution in [0.15, 0.2) is 24.3 Å². The number of benzene rings is 1. The van der Waals surface area contributed by atoms with Gasteiger partial charge >= 0.3 is 5.97 Å². The third kappa shape index (κ3) is 2.79. The first kappa shape index (κ1) is 14.8. The highest BCUT2D eigenvalue weighted by Gasteiger charge is 2.16. The van der Waals surface area contributed by atoms with E-state index in [0.29, 0.717) is 22.9 Å². The van der Waals surface area contributed by atoms with E-state index in [4.69, 9.17) is 14.2 Å². The van der Waals surface area contributed by atoms with Crippen molar-refractivity contribution < 1.29 is 23.7 Å². The third-order valence-corrected chi connectivity index (χ3v) is 3.07. The molecule has 0 atom stereocenters. The summed E-state index contributed by atoms with van der Waals surface area (Å²) in [4.78, 5) is 14.5. The van der Waals surface area contributed by atoms with Crippen molar-refractivity contribution in [1.29, 1.82) is 0 Å². The monoisotopic (exact) mass is 291 g/mol. The summed E-state index contributed by atoms with van der Waals surface area (Å²) in [6.07, 6.45) is 0. The summed E-state index contributed by atoms with van der Waals surface area (Å²) in [7, 11) is 5.98. The van der Waals surface area contributed by atoms with Gasteiger partial charge in [0.15, 0.2) is 11.5 Å². The Bertz CT molecular complexity index is 622. The maximum Gasteiger partial charge on any atom is 0.354 e. The fourth-order valence-corrected chi connectivity index (χ4v) is 2.03. The SMILES string of the molecule is COC(=O)c1ccc(-c2cc(OC)c(OC)c(OC)c2)[nH]1. The van der Waals surface area contributed by atoms with Crippen LogP contribution in [0.25, 0.3) is 11.3 Å². The van der Waals surface area contributed by atoms with Crippen LogP contribution < -0.4 is 14.2 Å². The molecule has 0 bridgehead atoms. The van der Waals surface area contributed by atoms with E-state index in [1.807, 2.05) is 0 Å². The normalized spacial score (nSPS) is 10.1. The number of hydrogen-bond donors (Lipinski definition) is 1. The molecular weight excluding hydrogens is 274 g/mol.